The van der Waals surface area contributed by atoms with E-state index in [1.165, 1.54) is 0 Å². The molecule has 0 fully saturated rings. The molecule has 0 saturated heterocycles. The Morgan fingerprint density at radius 3 is 2.37 bits per heavy atom. The maximum Gasteiger partial charge on any atom is 0.252 e. The van der Waals surface area contributed by atoms with Gasteiger partial charge in [0.2, 0.25) is 0 Å². The predicted molar refractivity (Wildman–Crippen MR) is 118 cm³/mol. The molecular weight excluding hydrogens is 374 g/mol. The number of fused-ring (bicyclic) bond motifs is 1. The minimum Gasteiger partial charge on any atom is -0.345 e. The van der Waals surface area contributed by atoms with Gasteiger partial charge in [0.05, 0.1) is 23.1 Å². The molecule has 0 bridgehead atoms. The number of carbonyl (C=O) groups is 2. The number of rotatable bonds is 5. The van der Waals surface area contributed by atoms with Gasteiger partial charge in [0.1, 0.15) is 5.82 Å². The second-order valence-corrected chi connectivity index (χ2v) is 7.45. The average Bonchev–Trinajstić information content (AvgIpc) is 3.09. The Hall–Kier alpha value is -3.73. The lowest BCUT2D eigenvalue weighted by molar-refractivity contribution is 0.0938. The molecule has 0 unspecified atom stereocenters. The summed E-state index contributed by atoms with van der Waals surface area (Å²) in [4.78, 5) is 30.7. The highest BCUT2D eigenvalue weighted by atomic mass is 16.2. The zero-order valence-electron chi connectivity index (χ0n) is 17.3. The van der Waals surface area contributed by atoms with Crippen molar-refractivity contribution in [2.75, 3.05) is 0 Å². The van der Waals surface area contributed by atoms with E-state index in [0.717, 1.165) is 28.0 Å². The van der Waals surface area contributed by atoms with E-state index in [-0.39, 0.29) is 18.2 Å². The van der Waals surface area contributed by atoms with Gasteiger partial charge in [-0.3, -0.25) is 9.59 Å². The summed E-state index contributed by atoms with van der Waals surface area (Å²) in [6.45, 7) is 4.13. The summed E-state index contributed by atoms with van der Waals surface area (Å²) in [6.07, 6.45) is 0. The van der Waals surface area contributed by atoms with Crippen molar-refractivity contribution >= 4 is 22.7 Å². The number of nitrogens with one attached hydrogen (secondary N) is 1. The minimum atomic E-state index is -0.295. The average molecular weight is 397 g/mol. The van der Waals surface area contributed by atoms with Gasteiger partial charge >= 0.3 is 0 Å². The van der Waals surface area contributed by atoms with Gasteiger partial charge in [-0.05, 0) is 43.7 Å². The van der Waals surface area contributed by atoms with Crippen LogP contribution in [-0.2, 0) is 13.6 Å². The molecule has 30 heavy (non-hydrogen) atoms. The number of hydrogen-bond acceptors (Lipinski definition) is 3. The first kappa shape index (κ1) is 19.6. The molecule has 0 saturated carbocycles. The Morgan fingerprint density at radius 2 is 1.60 bits per heavy atom. The van der Waals surface area contributed by atoms with Crippen molar-refractivity contribution < 1.29 is 9.59 Å². The molecule has 5 nitrogen and oxygen atoms in total. The van der Waals surface area contributed by atoms with Crippen LogP contribution in [0.5, 0.6) is 0 Å². The molecule has 5 heteroatoms. The lowest BCUT2D eigenvalue weighted by atomic mass is 9.94. The van der Waals surface area contributed by atoms with E-state index in [4.69, 9.17) is 0 Å². The van der Waals surface area contributed by atoms with E-state index in [1.807, 2.05) is 67.9 Å². The molecular formula is C25H23N3O2. The summed E-state index contributed by atoms with van der Waals surface area (Å²) in [5.74, 6) is 0.309. The van der Waals surface area contributed by atoms with Gasteiger partial charge in [-0.15, -0.1) is 0 Å². The number of nitrogens with zero attached hydrogens (tertiary/aromatic N) is 2. The Bertz CT molecular complexity index is 1270. The van der Waals surface area contributed by atoms with Crippen LogP contribution >= 0.6 is 0 Å². The van der Waals surface area contributed by atoms with E-state index in [1.54, 1.807) is 24.3 Å². The second-order valence-electron chi connectivity index (χ2n) is 7.45. The van der Waals surface area contributed by atoms with Gasteiger partial charge in [-0.2, -0.15) is 0 Å². The molecule has 3 aromatic carbocycles. The zero-order valence-corrected chi connectivity index (χ0v) is 17.3. The number of aryl methyl sites for hydroxylation is 3. The van der Waals surface area contributed by atoms with Gasteiger partial charge in [0.15, 0.2) is 5.78 Å². The van der Waals surface area contributed by atoms with Crippen molar-refractivity contribution in [3.63, 3.8) is 0 Å². The standard InChI is InChI=1S/C25H23N3O2/c1-16-12-13-17(2)20(14-16)24(29)18-8-4-5-9-19(18)25(30)26-15-23-27-21-10-6-7-11-22(21)28(23)3/h4-14H,15H2,1-3H3,(H,26,30). The van der Waals surface area contributed by atoms with Crippen LogP contribution in [0.4, 0.5) is 0 Å². The van der Waals surface area contributed by atoms with E-state index < -0.39 is 0 Å². The molecule has 4 aromatic rings. The topological polar surface area (TPSA) is 64.0 Å². The highest BCUT2D eigenvalue weighted by Gasteiger charge is 2.20. The number of imidazole rings is 1. The summed E-state index contributed by atoms with van der Waals surface area (Å²) >= 11 is 0. The number of benzene rings is 3. The smallest absolute Gasteiger partial charge is 0.252 e. The lowest BCUT2D eigenvalue weighted by Gasteiger charge is -2.11. The SMILES string of the molecule is Cc1ccc(C)c(C(=O)c2ccccc2C(=O)NCc2nc3ccccc3n2C)c1. The van der Waals surface area contributed by atoms with Crippen LogP contribution < -0.4 is 5.32 Å². The zero-order chi connectivity index (χ0) is 21.3. The van der Waals surface area contributed by atoms with Crippen LogP contribution in [0.25, 0.3) is 11.0 Å². The molecule has 0 spiro atoms. The summed E-state index contributed by atoms with van der Waals surface area (Å²) in [7, 11) is 1.93. The van der Waals surface area contributed by atoms with E-state index >= 15 is 0 Å². The van der Waals surface area contributed by atoms with Gasteiger partial charge in [0.25, 0.3) is 5.91 Å². The number of carbonyl (C=O) groups excluding carboxylic acids is 2. The molecule has 0 radical (unpaired) electrons. The van der Waals surface area contributed by atoms with Crippen LogP contribution in [0.2, 0.25) is 0 Å². The third-order valence-electron chi connectivity index (χ3n) is 5.34. The molecule has 0 aliphatic heterocycles. The largest absolute Gasteiger partial charge is 0.345 e. The fourth-order valence-corrected chi connectivity index (χ4v) is 3.61. The second kappa shape index (κ2) is 7.95. The third-order valence-corrected chi connectivity index (χ3v) is 5.34. The Morgan fingerprint density at radius 1 is 0.900 bits per heavy atom. The molecule has 4 rings (SSSR count). The first-order valence-electron chi connectivity index (χ1n) is 9.85. The van der Waals surface area contributed by atoms with Crippen LogP contribution in [-0.4, -0.2) is 21.2 Å². The molecule has 1 N–H and O–H groups in total. The minimum absolute atomic E-state index is 0.148. The monoisotopic (exact) mass is 397 g/mol. The van der Waals surface area contributed by atoms with Crippen molar-refractivity contribution in [3.05, 3.63) is 100 Å². The number of ketones is 1. The lowest BCUT2D eigenvalue weighted by Crippen LogP contribution is -2.26. The predicted octanol–water partition coefficient (Wildman–Crippen LogP) is 4.35. The highest BCUT2D eigenvalue weighted by Crippen LogP contribution is 2.19. The first-order valence-corrected chi connectivity index (χ1v) is 9.85. The first-order chi connectivity index (χ1) is 14.5. The fourth-order valence-electron chi connectivity index (χ4n) is 3.61. The van der Waals surface area contributed by atoms with Crippen molar-refractivity contribution in [1.29, 1.82) is 0 Å². The molecule has 1 aromatic heterocycles. The quantitative estimate of drug-likeness (QED) is 0.509. The Kier molecular flexibility index (Phi) is 5.19. The Labute approximate surface area is 175 Å². The number of amides is 1. The summed E-state index contributed by atoms with van der Waals surface area (Å²) in [5, 5.41) is 2.92. The normalized spacial score (nSPS) is 10.9. The molecule has 0 aliphatic rings. The molecule has 0 aliphatic carbocycles. The number of aromatic nitrogens is 2. The van der Waals surface area contributed by atoms with Gasteiger partial charge in [-0.1, -0.05) is 48.0 Å². The van der Waals surface area contributed by atoms with E-state index in [0.29, 0.717) is 16.7 Å². The maximum absolute atomic E-state index is 13.2. The fraction of sp³-hybridized carbons (Fsp3) is 0.160. The summed E-state index contributed by atoms with van der Waals surface area (Å²) in [6, 6.07) is 20.5. The van der Waals surface area contributed by atoms with Crippen LogP contribution in [0.1, 0.15) is 43.2 Å². The maximum atomic E-state index is 13.2. The molecule has 0 atom stereocenters. The Balaban J connectivity index is 1.60. The highest BCUT2D eigenvalue weighted by molar-refractivity contribution is 6.15. The van der Waals surface area contributed by atoms with E-state index in [2.05, 4.69) is 10.3 Å². The van der Waals surface area contributed by atoms with Gasteiger partial charge in [-0.25, -0.2) is 4.98 Å². The summed E-state index contributed by atoms with van der Waals surface area (Å²) < 4.78 is 1.96. The molecule has 1 amide bonds. The van der Waals surface area contributed by atoms with Gasteiger partial charge < -0.3 is 9.88 Å². The number of hydrogen-bond donors (Lipinski definition) is 1. The van der Waals surface area contributed by atoms with Crippen molar-refractivity contribution in [2.24, 2.45) is 7.05 Å². The van der Waals surface area contributed by atoms with Crippen molar-refractivity contribution in [1.82, 2.24) is 14.9 Å². The summed E-state index contributed by atoms with van der Waals surface area (Å²) in [5.41, 5.74) is 5.16. The third kappa shape index (κ3) is 3.62. The van der Waals surface area contributed by atoms with Crippen molar-refractivity contribution in [3.8, 4) is 0 Å². The molecule has 150 valence electrons. The van der Waals surface area contributed by atoms with Gasteiger partial charge in [0, 0.05) is 18.2 Å². The van der Waals surface area contributed by atoms with Crippen LogP contribution in [0.15, 0.2) is 66.7 Å². The van der Waals surface area contributed by atoms with Crippen LogP contribution in [0.3, 0.4) is 0 Å². The number of para-hydroxylation sites is 2. The van der Waals surface area contributed by atoms with E-state index in [9.17, 15) is 9.59 Å². The van der Waals surface area contributed by atoms with Crippen LogP contribution in [0, 0.1) is 13.8 Å². The molecule has 1 heterocycles. The van der Waals surface area contributed by atoms with Crippen molar-refractivity contribution in [2.45, 2.75) is 20.4 Å².